The van der Waals surface area contributed by atoms with Gasteiger partial charge in [-0.05, 0) is 37.7 Å². The Balaban J connectivity index is 0. The molecule has 0 aromatic heterocycles. The molecule has 99 valence electrons. The normalized spacial score (nSPS) is 9.19. The first-order chi connectivity index (χ1) is 7.24. The van der Waals surface area contributed by atoms with Crippen LogP contribution in [-0.4, -0.2) is 16.3 Å². The van der Waals surface area contributed by atoms with Gasteiger partial charge in [0.2, 0.25) is 0 Å². The predicted octanol–water partition coefficient (Wildman–Crippen LogP) is 3.82. The van der Waals surface area contributed by atoms with Crippen molar-refractivity contribution in [2.75, 3.05) is 6.26 Å². The first kappa shape index (κ1) is 18.8. The molecule has 0 aliphatic rings. The molecule has 0 atom stereocenters. The molecule has 16 heavy (non-hydrogen) atoms. The first-order valence-corrected chi connectivity index (χ1v) is 7.28. The second-order valence-electron chi connectivity index (χ2n) is 3.46. The summed E-state index contributed by atoms with van der Waals surface area (Å²) < 4.78 is 0.737. The van der Waals surface area contributed by atoms with Crippen LogP contribution >= 0.6 is 11.8 Å². The van der Waals surface area contributed by atoms with E-state index < -0.39 is 0 Å². The number of unbranched alkanes of at least 4 members (excludes halogenated alkanes) is 2. The van der Waals surface area contributed by atoms with E-state index in [1.54, 1.807) is 0 Å². The molecule has 1 radical (unpaired) electrons. The van der Waals surface area contributed by atoms with Crippen LogP contribution in [0.2, 0.25) is 0 Å². The molecule has 0 rings (SSSR count). The van der Waals surface area contributed by atoms with Gasteiger partial charge < -0.3 is 10.5 Å². The van der Waals surface area contributed by atoms with Crippen molar-refractivity contribution in [2.45, 2.75) is 52.4 Å². The van der Waals surface area contributed by atoms with Crippen LogP contribution < -0.4 is 0 Å². The van der Waals surface area contributed by atoms with Crippen LogP contribution in [0.5, 0.6) is 0 Å². The summed E-state index contributed by atoms with van der Waals surface area (Å²) in [5, 5.41) is 4.28. The van der Waals surface area contributed by atoms with Crippen LogP contribution in [0.15, 0.2) is 5.10 Å². The van der Waals surface area contributed by atoms with E-state index in [4.69, 9.17) is 0 Å². The van der Waals surface area contributed by atoms with Crippen molar-refractivity contribution >= 4 is 34.0 Å². The molecule has 2 nitrogen and oxygen atoms in total. The first-order valence-electron chi connectivity index (χ1n) is 5.60. The van der Waals surface area contributed by atoms with Crippen LogP contribution in [0.4, 0.5) is 0 Å². The molecule has 0 aliphatic carbocycles. The summed E-state index contributed by atoms with van der Waals surface area (Å²) in [6.45, 7) is 4.40. The number of hydrogen-bond donors (Lipinski definition) is 0. The van der Waals surface area contributed by atoms with E-state index in [1.165, 1.54) is 43.2 Å². The van der Waals surface area contributed by atoms with E-state index >= 15 is 0 Å². The molecular formula is C11H22CuN2S2. The Labute approximate surface area is 120 Å². The van der Waals surface area contributed by atoms with Gasteiger partial charge in [0.05, 0.1) is 0 Å². The van der Waals surface area contributed by atoms with Gasteiger partial charge in [-0.3, -0.25) is 0 Å². The molecule has 0 saturated carbocycles. The summed E-state index contributed by atoms with van der Waals surface area (Å²) in [5.74, 6) is 0. The summed E-state index contributed by atoms with van der Waals surface area (Å²) in [4.78, 5) is 0. The van der Waals surface area contributed by atoms with E-state index in [9.17, 15) is 0 Å². The monoisotopic (exact) mass is 309 g/mol. The Hall–Kier alpha value is 0.429. The fourth-order valence-corrected chi connectivity index (χ4v) is 1.31. The Kier molecular flexibility index (Phi) is 15.8. The standard InChI is InChI=1S/C11H22N2S2.Cu/c1-4-6-8-10(9-7-5-2)12-13-11(14)15-3;/h4-9H2,1-3H3,(H,13,14);. The zero-order valence-corrected chi connectivity index (χ0v) is 12.9. The van der Waals surface area contributed by atoms with Crippen molar-refractivity contribution in [1.29, 1.82) is 0 Å². The summed E-state index contributed by atoms with van der Waals surface area (Å²) in [6.07, 6.45) is 8.96. The van der Waals surface area contributed by atoms with Gasteiger partial charge in [0.25, 0.3) is 0 Å². The zero-order chi connectivity index (χ0) is 11.5. The Morgan fingerprint density at radius 3 is 2.06 bits per heavy atom. The maximum absolute atomic E-state index is 4.28. The number of thioether (sulfide) groups is 1. The molecule has 0 N–H and O–H groups in total. The number of rotatable bonds is 7. The fourth-order valence-electron chi connectivity index (χ4n) is 1.14. The SMILES string of the molecule is CCCCC(CCCC)=N[N-]C(=[SH+])SC.[Cu]. The summed E-state index contributed by atoms with van der Waals surface area (Å²) in [6, 6.07) is 0. The van der Waals surface area contributed by atoms with Crippen molar-refractivity contribution in [1.82, 2.24) is 0 Å². The van der Waals surface area contributed by atoms with Crippen molar-refractivity contribution in [3.05, 3.63) is 5.43 Å². The van der Waals surface area contributed by atoms with E-state index in [2.05, 4.69) is 36.6 Å². The van der Waals surface area contributed by atoms with Crippen molar-refractivity contribution in [3.63, 3.8) is 0 Å². The van der Waals surface area contributed by atoms with Gasteiger partial charge in [-0.1, -0.05) is 38.5 Å². The van der Waals surface area contributed by atoms with E-state index in [0.29, 0.717) is 0 Å². The maximum atomic E-state index is 4.28. The van der Waals surface area contributed by atoms with Crippen LogP contribution in [0, 0.1) is 0 Å². The van der Waals surface area contributed by atoms with Crippen LogP contribution in [0.3, 0.4) is 0 Å². The molecule has 0 fully saturated rings. The van der Waals surface area contributed by atoms with Gasteiger partial charge in [0, 0.05) is 17.1 Å². The molecule has 0 aliphatic heterocycles. The molecule has 0 amide bonds. The van der Waals surface area contributed by atoms with Crippen molar-refractivity contribution in [3.8, 4) is 0 Å². The minimum Gasteiger partial charge on any atom is -0.520 e. The molecule has 0 bridgehead atoms. The second-order valence-corrected chi connectivity index (χ2v) is 4.98. The van der Waals surface area contributed by atoms with Crippen molar-refractivity contribution in [2.24, 2.45) is 5.10 Å². The van der Waals surface area contributed by atoms with Crippen LogP contribution in [0.1, 0.15) is 52.4 Å². The van der Waals surface area contributed by atoms with Crippen LogP contribution in [-0.2, 0) is 29.3 Å². The average molecular weight is 310 g/mol. The Bertz CT molecular complexity index is 198. The molecule has 0 aromatic rings. The maximum Gasteiger partial charge on any atom is 0.174 e. The molecule has 0 saturated heterocycles. The molecule has 0 heterocycles. The quantitative estimate of drug-likeness (QED) is 0.175. The van der Waals surface area contributed by atoms with Gasteiger partial charge in [-0.2, -0.15) is 0 Å². The second kappa shape index (κ2) is 13.5. The summed E-state index contributed by atoms with van der Waals surface area (Å²) in [5.41, 5.74) is 5.30. The van der Waals surface area contributed by atoms with Gasteiger partial charge in [-0.25, -0.2) is 0 Å². The molecule has 0 unspecified atom stereocenters. The number of nitrogens with zero attached hydrogens (tertiary/aromatic N) is 2. The predicted molar refractivity (Wildman–Crippen MR) is 77.1 cm³/mol. The Morgan fingerprint density at radius 2 is 1.69 bits per heavy atom. The van der Waals surface area contributed by atoms with Crippen LogP contribution in [0.25, 0.3) is 5.43 Å². The third-order valence-electron chi connectivity index (χ3n) is 2.10. The third kappa shape index (κ3) is 10.9. The molecule has 0 aromatic carbocycles. The molecule has 5 heteroatoms. The minimum atomic E-state index is 0. The summed E-state index contributed by atoms with van der Waals surface area (Å²) in [7, 11) is 0. The fraction of sp³-hybridized carbons (Fsp3) is 0.818. The van der Waals surface area contributed by atoms with Gasteiger partial charge in [-0.15, -0.1) is 0 Å². The number of hydrogen-bond acceptors (Lipinski definition) is 2. The minimum absolute atomic E-state index is 0. The largest absolute Gasteiger partial charge is 0.520 e. The van der Waals surface area contributed by atoms with Gasteiger partial charge >= 0.3 is 0 Å². The topological polar surface area (TPSA) is 26.5 Å². The van der Waals surface area contributed by atoms with Gasteiger partial charge in [0.1, 0.15) is 0 Å². The average Bonchev–Trinajstić information content (AvgIpc) is 2.27. The molecular weight excluding hydrogens is 288 g/mol. The van der Waals surface area contributed by atoms with E-state index in [0.717, 1.165) is 17.2 Å². The van der Waals surface area contributed by atoms with E-state index in [1.807, 2.05) is 6.26 Å². The van der Waals surface area contributed by atoms with Crippen molar-refractivity contribution < 1.29 is 17.1 Å². The smallest absolute Gasteiger partial charge is 0.174 e. The Morgan fingerprint density at radius 1 is 1.19 bits per heavy atom. The number of thiol groups is 1. The zero-order valence-electron chi connectivity index (χ0n) is 10.3. The van der Waals surface area contributed by atoms with Gasteiger partial charge in [0.15, 0.2) is 16.5 Å². The van der Waals surface area contributed by atoms with E-state index in [-0.39, 0.29) is 17.1 Å². The molecule has 0 spiro atoms. The third-order valence-corrected chi connectivity index (χ3v) is 3.18. The summed E-state index contributed by atoms with van der Waals surface area (Å²) >= 11 is 5.71.